The highest BCUT2D eigenvalue weighted by atomic mass is 15.6. The van der Waals surface area contributed by atoms with Gasteiger partial charge in [-0.2, -0.15) is 0 Å². The second-order valence-corrected chi connectivity index (χ2v) is 1.35. The molecule has 0 saturated heterocycles. The first-order valence-electron chi connectivity index (χ1n) is 2.41. The first-order valence-corrected chi connectivity index (χ1v) is 2.41. The molecule has 0 fully saturated rings. The molecule has 0 bridgehead atoms. The van der Waals surface area contributed by atoms with Gasteiger partial charge in [-0.1, -0.05) is 13.2 Å². The molecule has 4 heteroatoms. The van der Waals surface area contributed by atoms with Crippen molar-refractivity contribution in [3.05, 3.63) is 19.0 Å². The lowest BCUT2D eigenvalue weighted by Gasteiger charge is -1.77. The molecule has 0 saturated carbocycles. The van der Waals surface area contributed by atoms with Gasteiger partial charge in [0, 0.05) is 6.20 Å². The molecule has 0 unspecified atom stereocenters. The van der Waals surface area contributed by atoms with Crippen molar-refractivity contribution in [3.63, 3.8) is 0 Å². The van der Waals surface area contributed by atoms with E-state index in [9.17, 15) is 0 Å². The molecule has 0 aliphatic heterocycles. The molecule has 0 spiro atoms. The molecule has 0 N–H and O–H groups in total. The van der Waals surface area contributed by atoms with Crippen LogP contribution < -0.4 is 0 Å². The van der Waals surface area contributed by atoms with E-state index >= 15 is 0 Å². The van der Waals surface area contributed by atoms with E-state index in [0.717, 1.165) is 0 Å². The third kappa shape index (κ3) is 1.02. The van der Waals surface area contributed by atoms with E-state index in [-0.39, 0.29) is 0 Å². The molecule has 0 radical (unpaired) electrons. The molecule has 0 atom stereocenters. The molecular weight excluding hydrogens is 116 g/mol. The lowest BCUT2D eigenvalue weighted by Crippen LogP contribution is -1.89. The summed E-state index contributed by atoms with van der Waals surface area (Å²) in [6, 6.07) is 0. The SMILES string of the molecule is C=Cc1nnn(C=C)n1. The summed E-state index contributed by atoms with van der Waals surface area (Å²) in [6.07, 6.45) is 2.98. The van der Waals surface area contributed by atoms with E-state index in [1.54, 1.807) is 0 Å². The Morgan fingerprint density at radius 3 is 2.56 bits per heavy atom. The molecule has 46 valence electrons. The number of rotatable bonds is 2. The monoisotopic (exact) mass is 122 g/mol. The van der Waals surface area contributed by atoms with Gasteiger partial charge >= 0.3 is 0 Å². The largest absolute Gasteiger partial charge is 0.197 e. The van der Waals surface area contributed by atoms with E-state index < -0.39 is 0 Å². The summed E-state index contributed by atoms with van der Waals surface area (Å²) in [4.78, 5) is 1.27. The zero-order valence-corrected chi connectivity index (χ0v) is 4.86. The van der Waals surface area contributed by atoms with Crippen LogP contribution in [0.25, 0.3) is 12.3 Å². The van der Waals surface area contributed by atoms with Gasteiger partial charge in [-0.05, 0) is 11.3 Å². The summed E-state index contributed by atoms with van der Waals surface area (Å²) in [5, 5.41) is 11.0. The summed E-state index contributed by atoms with van der Waals surface area (Å²) >= 11 is 0. The van der Waals surface area contributed by atoms with Crippen molar-refractivity contribution in [2.24, 2.45) is 0 Å². The predicted molar refractivity (Wildman–Crippen MR) is 34.3 cm³/mol. The minimum atomic E-state index is 0.509. The van der Waals surface area contributed by atoms with E-state index in [4.69, 9.17) is 0 Å². The minimum absolute atomic E-state index is 0.509. The average Bonchev–Trinajstić information content (AvgIpc) is 2.34. The van der Waals surface area contributed by atoms with Crippen molar-refractivity contribution < 1.29 is 0 Å². The fourth-order valence-electron chi connectivity index (χ4n) is 0.396. The highest BCUT2D eigenvalue weighted by molar-refractivity contribution is 5.34. The standard InChI is InChI=1S/C5H6N4/c1-3-5-6-8-9(4-2)7-5/h3-4H,1-2H2. The number of nitrogens with zero attached hydrogens (tertiary/aromatic N) is 4. The molecule has 9 heavy (non-hydrogen) atoms. The quantitative estimate of drug-likeness (QED) is 0.570. The summed E-state index contributed by atoms with van der Waals surface area (Å²) in [5.74, 6) is 0.509. The summed E-state index contributed by atoms with van der Waals surface area (Å²) < 4.78 is 0. The van der Waals surface area contributed by atoms with Crippen LogP contribution in [-0.2, 0) is 0 Å². The van der Waals surface area contributed by atoms with Crippen molar-refractivity contribution in [1.29, 1.82) is 0 Å². The summed E-state index contributed by atoms with van der Waals surface area (Å²) in [5.41, 5.74) is 0. The predicted octanol–water partition coefficient (Wildman–Crippen LogP) is 0.417. The van der Waals surface area contributed by atoms with Gasteiger partial charge in [0.05, 0.1) is 0 Å². The highest BCUT2D eigenvalue weighted by Crippen LogP contribution is 1.85. The lowest BCUT2D eigenvalue weighted by atomic mass is 10.6. The molecule has 0 aromatic carbocycles. The molecule has 4 nitrogen and oxygen atoms in total. The van der Waals surface area contributed by atoms with Gasteiger partial charge in [0.25, 0.3) is 0 Å². The van der Waals surface area contributed by atoms with Crippen molar-refractivity contribution in [1.82, 2.24) is 20.2 Å². The number of hydrogen-bond acceptors (Lipinski definition) is 3. The smallest absolute Gasteiger partial charge is 0.139 e. The Morgan fingerprint density at radius 1 is 1.44 bits per heavy atom. The van der Waals surface area contributed by atoms with Crippen molar-refractivity contribution >= 4 is 12.3 Å². The normalized spacial score (nSPS) is 8.89. The second-order valence-electron chi connectivity index (χ2n) is 1.35. The third-order valence-electron chi connectivity index (χ3n) is 0.790. The molecule has 0 aliphatic rings. The Morgan fingerprint density at radius 2 is 2.22 bits per heavy atom. The third-order valence-corrected chi connectivity index (χ3v) is 0.790. The van der Waals surface area contributed by atoms with Crippen LogP contribution in [0.5, 0.6) is 0 Å². The summed E-state index contributed by atoms with van der Waals surface area (Å²) in [7, 11) is 0. The number of hydrogen-bond donors (Lipinski definition) is 0. The Bertz CT molecular complexity index is 202. The number of tetrazole rings is 1. The lowest BCUT2D eigenvalue weighted by molar-refractivity contribution is 0.760. The van der Waals surface area contributed by atoms with Gasteiger partial charge in [-0.25, -0.2) is 0 Å². The van der Waals surface area contributed by atoms with Gasteiger partial charge in [-0.15, -0.1) is 15.0 Å². The van der Waals surface area contributed by atoms with Gasteiger partial charge < -0.3 is 0 Å². The van der Waals surface area contributed by atoms with Gasteiger partial charge in [0.15, 0.2) is 5.82 Å². The second kappa shape index (κ2) is 2.21. The van der Waals surface area contributed by atoms with Crippen LogP contribution in [0.3, 0.4) is 0 Å². The van der Waals surface area contributed by atoms with E-state index in [2.05, 4.69) is 28.6 Å². The first kappa shape index (κ1) is 5.68. The Labute approximate surface area is 52.5 Å². The highest BCUT2D eigenvalue weighted by Gasteiger charge is 1.90. The Hall–Kier alpha value is -1.45. The van der Waals surface area contributed by atoms with Crippen LogP contribution in [0.2, 0.25) is 0 Å². The Kier molecular flexibility index (Phi) is 1.40. The fourth-order valence-corrected chi connectivity index (χ4v) is 0.396. The van der Waals surface area contributed by atoms with E-state index in [1.165, 1.54) is 17.1 Å². The average molecular weight is 122 g/mol. The molecule has 0 amide bonds. The zero-order chi connectivity index (χ0) is 6.69. The van der Waals surface area contributed by atoms with E-state index in [1.807, 2.05) is 0 Å². The van der Waals surface area contributed by atoms with Crippen LogP contribution in [0.15, 0.2) is 13.2 Å². The molecule has 1 heterocycles. The van der Waals surface area contributed by atoms with Gasteiger partial charge in [0.1, 0.15) is 0 Å². The maximum absolute atomic E-state index is 3.81. The molecule has 1 aromatic heterocycles. The van der Waals surface area contributed by atoms with Gasteiger partial charge in [0.2, 0.25) is 0 Å². The van der Waals surface area contributed by atoms with Crippen molar-refractivity contribution in [2.75, 3.05) is 0 Å². The van der Waals surface area contributed by atoms with Crippen LogP contribution in [-0.4, -0.2) is 20.2 Å². The number of aromatic nitrogens is 4. The van der Waals surface area contributed by atoms with Crippen LogP contribution >= 0.6 is 0 Å². The van der Waals surface area contributed by atoms with E-state index in [0.29, 0.717) is 5.82 Å². The first-order chi connectivity index (χ1) is 4.36. The maximum atomic E-state index is 3.81. The molecule has 1 rings (SSSR count). The van der Waals surface area contributed by atoms with Crippen LogP contribution in [0.4, 0.5) is 0 Å². The Balaban J connectivity index is 2.98. The molecule has 1 aromatic rings. The minimum Gasteiger partial charge on any atom is -0.139 e. The van der Waals surface area contributed by atoms with Crippen LogP contribution in [0, 0.1) is 0 Å². The van der Waals surface area contributed by atoms with Crippen LogP contribution in [0.1, 0.15) is 5.82 Å². The fraction of sp³-hybridized carbons (Fsp3) is 0. The zero-order valence-electron chi connectivity index (χ0n) is 4.86. The molecular formula is C5H6N4. The topological polar surface area (TPSA) is 43.6 Å². The van der Waals surface area contributed by atoms with Gasteiger partial charge in [-0.3, -0.25) is 0 Å². The molecule has 0 aliphatic carbocycles. The maximum Gasteiger partial charge on any atom is 0.197 e. The van der Waals surface area contributed by atoms with Crippen molar-refractivity contribution in [2.45, 2.75) is 0 Å². The van der Waals surface area contributed by atoms with Crippen molar-refractivity contribution in [3.8, 4) is 0 Å². The summed E-state index contributed by atoms with van der Waals surface area (Å²) in [6.45, 7) is 6.91.